The van der Waals surface area contributed by atoms with Crippen molar-refractivity contribution in [1.82, 2.24) is 24.6 Å². The minimum absolute atomic E-state index is 0.0266. The Bertz CT molecular complexity index is 1410. The summed E-state index contributed by atoms with van der Waals surface area (Å²) in [6, 6.07) is 5.29. The highest BCUT2D eigenvalue weighted by molar-refractivity contribution is 6.03. The van der Waals surface area contributed by atoms with Gasteiger partial charge in [-0.05, 0) is 25.0 Å². The van der Waals surface area contributed by atoms with Gasteiger partial charge in [-0.25, -0.2) is 28.2 Å². The second-order valence-corrected chi connectivity index (χ2v) is 8.48. The van der Waals surface area contributed by atoms with E-state index in [1.165, 1.54) is 0 Å². The molecule has 9 nitrogen and oxygen atoms in total. The van der Waals surface area contributed by atoms with E-state index in [2.05, 4.69) is 30.7 Å². The largest absolute Gasteiger partial charge is 0.373 e. The Labute approximate surface area is 186 Å². The number of carbonyl (C=O) groups excluding carboxylic acids is 1. The van der Waals surface area contributed by atoms with Gasteiger partial charge >= 0.3 is 0 Å². The summed E-state index contributed by atoms with van der Waals surface area (Å²) in [5.41, 5.74) is 1.89. The first-order valence-corrected chi connectivity index (χ1v) is 10.7. The van der Waals surface area contributed by atoms with Crippen molar-refractivity contribution in [3.05, 3.63) is 36.8 Å². The zero-order valence-electron chi connectivity index (χ0n) is 17.7. The number of aromatic nitrogens is 5. The van der Waals surface area contributed by atoms with Crippen molar-refractivity contribution in [2.24, 2.45) is 5.92 Å². The van der Waals surface area contributed by atoms with Gasteiger partial charge in [0.2, 0.25) is 5.91 Å². The average Bonchev–Trinajstić information content (AvgIpc) is 3.55. The lowest BCUT2D eigenvalue weighted by atomic mass is 10.1. The van der Waals surface area contributed by atoms with Gasteiger partial charge < -0.3 is 15.5 Å². The second-order valence-electron chi connectivity index (χ2n) is 8.48. The lowest BCUT2D eigenvalue weighted by molar-refractivity contribution is -0.117. The van der Waals surface area contributed by atoms with Crippen LogP contribution in [-0.2, 0) is 4.79 Å². The molecule has 6 rings (SSSR count). The maximum atomic E-state index is 13.3. The molecule has 11 heteroatoms. The van der Waals surface area contributed by atoms with E-state index in [-0.39, 0.29) is 24.9 Å². The molecule has 2 aliphatic rings. The number of hydrogen-bond acceptors (Lipinski definition) is 7. The van der Waals surface area contributed by atoms with Crippen molar-refractivity contribution in [3.8, 4) is 11.4 Å². The molecule has 0 aromatic carbocycles. The summed E-state index contributed by atoms with van der Waals surface area (Å²) in [4.78, 5) is 27.3. The number of fused-ring (bicyclic) bond motifs is 2. The predicted octanol–water partition coefficient (Wildman–Crippen LogP) is 3.19. The van der Waals surface area contributed by atoms with E-state index in [1.54, 1.807) is 53.3 Å². The van der Waals surface area contributed by atoms with Crippen molar-refractivity contribution in [2.75, 3.05) is 35.7 Å². The van der Waals surface area contributed by atoms with Crippen molar-refractivity contribution in [3.63, 3.8) is 0 Å². The number of amides is 1. The fourth-order valence-corrected chi connectivity index (χ4v) is 4.03. The molecule has 2 fully saturated rings. The number of carbonyl (C=O) groups is 1. The van der Waals surface area contributed by atoms with Gasteiger partial charge in [-0.15, -0.1) is 5.10 Å². The molecule has 168 valence electrons. The van der Waals surface area contributed by atoms with Crippen LogP contribution in [0.3, 0.4) is 0 Å². The Morgan fingerprint density at radius 2 is 1.97 bits per heavy atom. The molecule has 4 aromatic heterocycles. The average molecular weight is 450 g/mol. The minimum atomic E-state index is -2.65. The fourth-order valence-electron chi connectivity index (χ4n) is 4.03. The third-order valence-corrected chi connectivity index (χ3v) is 5.98. The van der Waals surface area contributed by atoms with E-state index in [9.17, 15) is 13.6 Å². The highest BCUT2D eigenvalue weighted by Gasteiger charge is 2.44. The maximum absolute atomic E-state index is 13.3. The summed E-state index contributed by atoms with van der Waals surface area (Å²) >= 11 is 0. The van der Waals surface area contributed by atoms with Gasteiger partial charge in [-0.1, -0.05) is 0 Å². The zero-order valence-corrected chi connectivity index (χ0v) is 17.7. The molecule has 0 unspecified atom stereocenters. The van der Waals surface area contributed by atoms with E-state index < -0.39 is 5.92 Å². The smallest absolute Gasteiger partial charge is 0.282 e. The molecule has 1 saturated heterocycles. The van der Waals surface area contributed by atoms with Crippen molar-refractivity contribution >= 4 is 39.6 Å². The van der Waals surface area contributed by atoms with Gasteiger partial charge in [-0.3, -0.25) is 4.79 Å². The van der Waals surface area contributed by atoms with Crippen LogP contribution < -0.4 is 15.5 Å². The second kappa shape index (κ2) is 7.06. The topological polar surface area (TPSA) is 100 Å². The van der Waals surface area contributed by atoms with Crippen LogP contribution in [0, 0.1) is 5.92 Å². The third kappa shape index (κ3) is 3.49. The Morgan fingerprint density at radius 1 is 1.15 bits per heavy atom. The van der Waals surface area contributed by atoms with Crippen LogP contribution in [0.25, 0.3) is 27.8 Å². The van der Waals surface area contributed by atoms with Gasteiger partial charge in [-0.2, -0.15) is 0 Å². The number of anilines is 3. The SMILES string of the molecule is CNc1ncc(-c2nc3cc(N4CC(F)(F)C4)ccn3n2)c2cc(NC(=O)C3CC3)ncc12. The van der Waals surface area contributed by atoms with Gasteiger partial charge in [0, 0.05) is 59.6 Å². The Hall–Kier alpha value is -3.89. The van der Waals surface area contributed by atoms with Gasteiger partial charge in [0.05, 0.1) is 13.1 Å². The number of nitrogens with one attached hydrogen (secondary N) is 2. The highest BCUT2D eigenvalue weighted by Crippen LogP contribution is 2.35. The first-order chi connectivity index (χ1) is 15.9. The van der Waals surface area contributed by atoms with Crippen LogP contribution in [0.5, 0.6) is 0 Å². The Morgan fingerprint density at radius 3 is 2.70 bits per heavy atom. The zero-order chi connectivity index (χ0) is 22.7. The molecule has 4 aromatic rings. The lowest BCUT2D eigenvalue weighted by Crippen LogP contribution is -2.56. The molecular formula is C22H20F2N8O. The molecule has 1 aliphatic heterocycles. The number of halogens is 2. The Balaban J connectivity index is 1.40. The molecule has 1 saturated carbocycles. The molecule has 33 heavy (non-hydrogen) atoms. The fraction of sp³-hybridized carbons (Fsp3) is 0.318. The quantitative estimate of drug-likeness (QED) is 0.482. The van der Waals surface area contributed by atoms with E-state index >= 15 is 0 Å². The summed E-state index contributed by atoms with van der Waals surface area (Å²) in [6.07, 6.45) is 6.85. The molecule has 0 radical (unpaired) electrons. The molecule has 5 heterocycles. The molecular weight excluding hydrogens is 430 g/mol. The first-order valence-electron chi connectivity index (χ1n) is 10.7. The highest BCUT2D eigenvalue weighted by atomic mass is 19.3. The molecule has 2 N–H and O–H groups in total. The normalized spacial score (nSPS) is 17.2. The summed E-state index contributed by atoms with van der Waals surface area (Å²) in [7, 11) is 1.77. The van der Waals surface area contributed by atoms with Crippen LogP contribution in [0.1, 0.15) is 12.8 Å². The third-order valence-electron chi connectivity index (χ3n) is 5.98. The number of rotatable bonds is 5. The van der Waals surface area contributed by atoms with Crippen molar-refractivity contribution < 1.29 is 13.6 Å². The monoisotopic (exact) mass is 450 g/mol. The minimum Gasteiger partial charge on any atom is -0.373 e. The standard InChI is InChI=1S/C22H20F2N8O/c1-25-19-15-8-26-17(28-21(33)12-2-3-12)7-14(15)16(9-27-19)20-29-18-6-13(4-5-32(18)30-20)31-10-22(23,24)11-31/h4-9,12H,2-3,10-11H2,1H3,(H,25,27)(H,26,28,33). The number of alkyl halides is 2. The Kier molecular flexibility index (Phi) is 4.23. The summed E-state index contributed by atoms with van der Waals surface area (Å²) < 4.78 is 28.1. The lowest BCUT2D eigenvalue weighted by Gasteiger charge is -2.40. The molecule has 1 amide bonds. The molecule has 0 spiro atoms. The molecule has 1 aliphatic carbocycles. The van der Waals surface area contributed by atoms with Crippen LogP contribution in [-0.4, -0.2) is 56.5 Å². The molecule has 0 atom stereocenters. The van der Waals surface area contributed by atoms with Crippen LogP contribution in [0.4, 0.5) is 26.1 Å². The predicted molar refractivity (Wildman–Crippen MR) is 120 cm³/mol. The first kappa shape index (κ1) is 19.8. The number of nitrogens with zero attached hydrogens (tertiary/aromatic N) is 6. The van der Waals surface area contributed by atoms with Gasteiger partial charge in [0.15, 0.2) is 11.5 Å². The van der Waals surface area contributed by atoms with Crippen LogP contribution in [0.2, 0.25) is 0 Å². The van der Waals surface area contributed by atoms with Crippen molar-refractivity contribution in [1.29, 1.82) is 0 Å². The van der Waals surface area contributed by atoms with E-state index in [0.29, 0.717) is 34.4 Å². The van der Waals surface area contributed by atoms with E-state index in [1.807, 2.05) is 0 Å². The van der Waals surface area contributed by atoms with Crippen LogP contribution >= 0.6 is 0 Å². The van der Waals surface area contributed by atoms with Crippen molar-refractivity contribution in [2.45, 2.75) is 18.8 Å². The van der Waals surface area contributed by atoms with Gasteiger partial charge in [0.1, 0.15) is 11.6 Å². The van der Waals surface area contributed by atoms with E-state index in [0.717, 1.165) is 23.6 Å². The molecule has 0 bridgehead atoms. The van der Waals surface area contributed by atoms with Crippen LogP contribution in [0.15, 0.2) is 36.8 Å². The summed E-state index contributed by atoms with van der Waals surface area (Å²) in [5, 5.41) is 12.0. The summed E-state index contributed by atoms with van der Waals surface area (Å²) in [6.45, 7) is -0.598. The maximum Gasteiger partial charge on any atom is 0.282 e. The number of pyridine rings is 3. The summed E-state index contributed by atoms with van der Waals surface area (Å²) in [5.74, 6) is -1.07. The van der Waals surface area contributed by atoms with Gasteiger partial charge in [0.25, 0.3) is 5.92 Å². The number of hydrogen-bond donors (Lipinski definition) is 2. The van der Waals surface area contributed by atoms with E-state index in [4.69, 9.17) is 0 Å².